The lowest BCUT2D eigenvalue weighted by Crippen LogP contribution is -1.71. The molecule has 3 heteroatoms. The molecule has 1 aromatic heterocycles. The second-order valence-electron chi connectivity index (χ2n) is 1.08. The van der Waals surface area contributed by atoms with Crippen molar-refractivity contribution < 1.29 is 0 Å². The van der Waals surface area contributed by atoms with Gasteiger partial charge in [-0.25, -0.2) is 0 Å². The van der Waals surface area contributed by atoms with Gasteiger partial charge in [0.1, 0.15) is 0 Å². The molecule has 7 heavy (non-hydrogen) atoms. The molecular weight excluding hydrogens is 126 g/mol. The summed E-state index contributed by atoms with van der Waals surface area (Å²) < 4.78 is 0. The van der Waals surface area contributed by atoms with Gasteiger partial charge >= 0.3 is 0 Å². The molecule has 0 fully saturated rings. The third kappa shape index (κ3) is 1.19. The standard InChI is InChI=1S/C4H5NS2/c5-7-4-1-2-6-3-4/h1-3H,5H2. The van der Waals surface area contributed by atoms with Crippen molar-refractivity contribution in [1.82, 2.24) is 0 Å². The summed E-state index contributed by atoms with van der Waals surface area (Å²) in [5.74, 6) is 0. The van der Waals surface area contributed by atoms with E-state index in [1.165, 1.54) is 11.9 Å². The van der Waals surface area contributed by atoms with E-state index < -0.39 is 0 Å². The summed E-state index contributed by atoms with van der Waals surface area (Å²) in [6.07, 6.45) is 0. The van der Waals surface area contributed by atoms with Crippen LogP contribution >= 0.6 is 23.3 Å². The van der Waals surface area contributed by atoms with E-state index in [9.17, 15) is 0 Å². The van der Waals surface area contributed by atoms with E-state index in [0.29, 0.717) is 0 Å². The predicted octanol–water partition coefficient (Wildman–Crippen LogP) is 1.71. The van der Waals surface area contributed by atoms with Gasteiger partial charge in [0, 0.05) is 10.3 Å². The molecule has 38 valence electrons. The second-order valence-corrected chi connectivity index (χ2v) is 2.56. The molecule has 0 amide bonds. The molecular formula is C4H5NS2. The summed E-state index contributed by atoms with van der Waals surface area (Å²) in [6, 6.07) is 2.00. The Balaban J connectivity index is 2.76. The SMILES string of the molecule is NSc1ccsc1. The van der Waals surface area contributed by atoms with Crippen molar-refractivity contribution in [3.05, 3.63) is 16.8 Å². The maximum atomic E-state index is 5.22. The van der Waals surface area contributed by atoms with Crippen LogP contribution < -0.4 is 5.14 Å². The minimum absolute atomic E-state index is 1.14. The number of hydrogen-bond acceptors (Lipinski definition) is 3. The van der Waals surface area contributed by atoms with Gasteiger partial charge in [-0.2, -0.15) is 11.3 Å². The zero-order valence-electron chi connectivity index (χ0n) is 3.63. The van der Waals surface area contributed by atoms with Gasteiger partial charge in [0.15, 0.2) is 0 Å². The van der Waals surface area contributed by atoms with Gasteiger partial charge in [-0.05, 0) is 23.4 Å². The van der Waals surface area contributed by atoms with Gasteiger partial charge in [-0.1, -0.05) is 0 Å². The summed E-state index contributed by atoms with van der Waals surface area (Å²) in [5.41, 5.74) is 0. The first-order valence-corrected chi connectivity index (χ1v) is 3.64. The molecule has 0 aromatic carbocycles. The van der Waals surface area contributed by atoms with E-state index >= 15 is 0 Å². The molecule has 0 aliphatic heterocycles. The van der Waals surface area contributed by atoms with Gasteiger partial charge < -0.3 is 0 Å². The van der Waals surface area contributed by atoms with Crippen LogP contribution in [0.2, 0.25) is 0 Å². The monoisotopic (exact) mass is 131 g/mol. The summed E-state index contributed by atoms with van der Waals surface area (Å²) in [4.78, 5) is 1.14. The lowest BCUT2D eigenvalue weighted by atomic mass is 10.7. The van der Waals surface area contributed by atoms with E-state index in [1.807, 2.05) is 16.8 Å². The van der Waals surface area contributed by atoms with E-state index in [0.717, 1.165) is 4.90 Å². The Kier molecular flexibility index (Phi) is 1.73. The van der Waals surface area contributed by atoms with Crippen molar-refractivity contribution in [3.63, 3.8) is 0 Å². The van der Waals surface area contributed by atoms with Crippen LogP contribution in [0.3, 0.4) is 0 Å². The fourth-order valence-electron chi connectivity index (χ4n) is 0.319. The molecule has 1 nitrogen and oxygen atoms in total. The van der Waals surface area contributed by atoms with Crippen LogP contribution in [0.15, 0.2) is 21.7 Å². The highest BCUT2D eigenvalue weighted by Gasteiger charge is 1.83. The first kappa shape index (κ1) is 5.15. The van der Waals surface area contributed by atoms with Crippen molar-refractivity contribution in [2.45, 2.75) is 4.90 Å². The van der Waals surface area contributed by atoms with Crippen molar-refractivity contribution in [2.75, 3.05) is 0 Å². The average Bonchev–Trinajstić information content (AvgIpc) is 2.14. The molecule has 1 aromatic rings. The molecule has 0 aliphatic rings. The Morgan fingerprint density at radius 1 is 1.71 bits per heavy atom. The van der Waals surface area contributed by atoms with E-state index in [4.69, 9.17) is 5.14 Å². The average molecular weight is 131 g/mol. The van der Waals surface area contributed by atoms with Gasteiger partial charge in [-0.3, -0.25) is 5.14 Å². The normalized spacial score (nSPS) is 9.29. The van der Waals surface area contributed by atoms with Crippen molar-refractivity contribution >= 4 is 23.3 Å². The topological polar surface area (TPSA) is 26.0 Å². The Bertz CT molecular complexity index is 124. The Morgan fingerprint density at radius 3 is 2.86 bits per heavy atom. The fraction of sp³-hybridized carbons (Fsp3) is 0. The maximum absolute atomic E-state index is 5.22. The van der Waals surface area contributed by atoms with E-state index in [1.54, 1.807) is 11.3 Å². The molecule has 1 rings (SSSR count). The van der Waals surface area contributed by atoms with Crippen molar-refractivity contribution in [2.24, 2.45) is 5.14 Å². The van der Waals surface area contributed by atoms with Crippen LogP contribution in [-0.2, 0) is 0 Å². The van der Waals surface area contributed by atoms with Gasteiger partial charge in [-0.15, -0.1) is 0 Å². The van der Waals surface area contributed by atoms with Crippen LogP contribution in [0.1, 0.15) is 0 Å². The lowest BCUT2D eigenvalue weighted by Gasteiger charge is -1.78. The van der Waals surface area contributed by atoms with Gasteiger partial charge in [0.05, 0.1) is 0 Å². The van der Waals surface area contributed by atoms with Crippen molar-refractivity contribution in [3.8, 4) is 0 Å². The molecule has 0 bridgehead atoms. The summed E-state index contributed by atoms with van der Waals surface area (Å²) >= 11 is 2.95. The highest BCUT2D eigenvalue weighted by atomic mass is 32.2. The maximum Gasteiger partial charge on any atom is 0.0332 e. The number of hydrogen-bond donors (Lipinski definition) is 1. The minimum atomic E-state index is 1.14. The molecule has 1 heterocycles. The fourth-order valence-corrected chi connectivity index (χ4v) is 1.46. The third-order valence-electron chi connectivity index (χ3n) is 0.631. The van der Waals surface area contributed by atoms with Crippen LogP contribution in [0.5, 0.6) is 0 Å². The molecule has 0 saturated carbocycles. The molecule has 0 radical (unpaired) electrons. The summed E-state index contributed by atoms with van der Waals surface area (Å²) in [6.45, 7) is 0. The molecule has 0 unspecified atom stereocenters. The molecule has 0 spiro atoms. The van der Waals surface area contributed by atoms with Crippen LogP contribution in [0.4, 0.5) is 0 Å². The highest BCUT2D eigenvalue weighted by molar-refractivity contribution is 7.97. The first-order valence-electron chi connectivity index (χ1n) is 1.82. The first-order chi connectivity index (χ1) is 3.43. The van der Waals surface area contributed by atoms with Gasteiger partial charge in [0.25, 0.3) is 0 Å². The molecule has 0 atom stereocenters. The summed E-state index contributed by atoms with van der Waals surface area (Å²) in [5, 5.41) is 9.25. The zero-order valence-corrected chi connectivity index (χ0v) is 5.26. The summed E-state index contributed by atoms with van der Waals surface area (Å²) in [7, 11) is 0. The quantitative estimate of drug-likeness (QED) is 0.587. The predicted molar refractivity (Wildman–Crippen MR) is 34.4 cm³/mol. The number of nitrogens with two attached hydrogens (primary N) is 1. The zero-order chi connectivity index (χ0) is 5.11. The highest BCUT2D eigenvalue weighted by Crippen LogP contribution is 2.13. The van der Waals surface area contributed by atoms with E-state index in [-0.39, 0.29) is 0 Å². The number of thiophene rings is 1. The Labute approximate surface area is 50.7 Å². The van der Waals surface area contributed by atoms with Crippen LogP contribution in [0, 0.1) is 0 Å². The van der Waals surface area contributed by atoms with Crippen LogP contribution in [0.25, 0.3) is 0 Å². The lowest BCUT2D eigenvalue weighted by molar-refractivity contribution is 1.59. The van der Waals surface area contributed by atoms with Crippen LogP contribution in [-0.4, -0.2) is 0 Å². The second kappa shape index (κ2) is 2.35. The molecule has 0 aliphatic carbocycles. The smallest absolute Gasteiger partial charge is 0.0332 e. The molecule has 0 saturated heterocycles. The van der Waals surface area contributed by atoms with Gasteiger partial charge in [0.2, 0.25) is 0 Å². The van der Waals surface area contributed by atoms with E-state index in [2.05, 4.69) is 0 Å². The number of rotatable bonds is 1. The largest absolute Gasteiger partial charge is 0.274 e. The minimum Gasteiger partial charge on any atom is -0.274 e. The van der Waals surface area contributed by atoms with Crippen molar-refractivity contribution in [1.29, 1.82) is 0 Å². The Morgan fingerprint density at radius 2 is 2.57 bits per heavy atom. The Hall–Kier alpha value is 0.01000. The third-order valence-corrected chi connectivity index (χ3v) is 1.99. The molecule has 2 N–H and O–H groups in total.